The molecule has 0 unspecified atom stereocenters. The Morgan fingerprint density at radius 3 is 2.55 bits per heavy atom. The van der Waals surface area contributed by atoms with Gasteiger partial charge in [-0.05, 0) is 42.3 Å². The molecule has 2 heterocycles. The lowest BCUT2D eigenvalue weighted by Gasteiger charge is -2.34. The maximum atomic E-state index is 12.1. The van der Waals surface area contributed by atoms with Crippen LogP contribution >= 0.6 is 0 Å². The Labute approximate surface area is 119 Å². The molecular formula is C13H24N6O. The molecule has 1 amide bonds. The summed E-state index contributed by atoms with van der Waals surface area (Å²) in [6, 6.07) is 0. The highest BCUT2D eigenvalue weighted by Crippen LogP contribution is 2.18. The maximum Gasteiger partial charge on any atom is 0.244 e. The van der Waals surface area contributed by atoms with Gasteiger partial charge in [-0.25, -0.2) is 4.68 Å². The minimum atomic E-state index is 0.110. The van der Waals surface area contributed by atoms with Crippen molar-refractivity contribution in [1.82, 2.24) is 30.0 Å². The molecule has 0 spiro atoms. The van der Waals surface area contributed by atoms with Gasteiger partial charge in [-0.1, -0.05) is 13.8 Å². The molecule has 1 aliphatic rings. The van der Waals surface area contributed by atoms with Crippen molar-refractivity contribution in [3.63, 3.8) is 0 Å². The maximum absolute atomic E-state index is 12.1. The van der Waals surface area contributed by atoms with E-state index >= 15 is 0 Å². The van der Waals surface area contributed by atoms with E-state index in [2.05, 4.69) is 34.3 Å². The first-order valence-corrected chi connectivity index (χ1v) is 7.43. The van der Waals surface area contributed by atoms with E-state index in [1.807, 2.05) is 4.90 Å². The standard InChI is InChI=1S/C13H24N6O/c1-3-17(4-2)9-12-5-7-18(8-6-12)13(20)10-19-11-14-15-16-19/h11-12H,3-10H2,1-2H3. The number of aromatic nitrogens is 4. The molecule has 0 radical (unpaired) electrons. The number of rotatable bonds is 6. The SMILES string of the molecule is CCN(CC)CC1CCN(C(=O)Cn2cnnn2)CC1. The van der Waals surface area contributed by atoms with Gasteiger partial charge in [0, 0.05) is 19.6 Å². The summed E-state index contributed by atoms with van der Waals surface area (Å²) < 4.78 is 1.48. The molecule has 0 aliphatic carbocycles. The van der Waals surface area contributed by atoms with Crippen LogP contribution in [0.1, 0.15) is 26.7 Å². The predicted molar refractivity (Wildman–Crippen MR) is 74.9 cm³/mol. The Morgan fingerprint density at radius 1 is 1.30 bits per heavy atom. The molecule has 0 saturated carbocycles. The Kier molecular flexibility index (Phi) is 5.46. The summed E-state index contributed by atoms with van der Waals surface area (Å²) in [5.41, 5.74) is 0. The molecule has 2 rings (SSSR count). The van der Waals surface area contributed by atoms with Crippen molar-refractivity contribution in [2.45, 2.75) is 33.2 Å². The van der Waals surface area contributed by atoms with Crippen molar-refractivity contribution in [2.24, 2.45) is 5.92 Å². The van der Waals surface area contributed by atoms with Gasteiger partial charge >= 0.3 is 0 Å². The van der Waals surface area contributed by atoms with Gasteiger partial charge < -0.3 is 9.80 Å². The molecule has 1 aromatic rings. The first-order chi connectivity index (χ1) is 9.72. The average molecular weight is 280 g/mol. The highest BCUT2D eigenvalue weighted by atomic mass is 16.2. The van der Waals surface area contributed by atoms with Crippen molar-refractivity contribution in [3.8, 4) is 0 Å². The summed E-state index contributed by atoms with van der Waals surface area (Å²) in [7, 11) is 0. The predicted octanol–water partition coefficient (Wildman–Crippen LogP) is 0.254. The number of hydrogen-bond acceptors (Lipinski definition) is 5. The smallest absolute Gasteiger partial charge is 0.244 e. The van der Waals surface area contributed by atoms with Crippen LogP contribution in [0, 0.1) is 5.92 Å². The van der Waals surface area contributed by atoms with E-state index in [0.717, 1.165) is 45.6 Å². The zero-order valence-corrected chi connectivity index (χ0v) is 12.4. The number of carbonyl (C=O) groups is 1. The molecule has 7 nitrogen and oxygen atoms in total. The van der Waals surface area contributed by atoms with Crippen LogP contribution in [0.4, 0.5) is 0 Å². The molecule has 0 bridgehead atoms. The second-order valence-electron chi connectivity index (χ2n) is 5.32. The Bertz CT molecular complexity index is 395. The summed E-state index contributed by atoms with van der Waals surface area (Å²) in [5, 5.41) is 10.8. The molecule has 0 atom stereocenters. The Morgan fingerprint density at radius 2 is 2.00 bits per heavy atom. The number of likely N-dealkylation sites (tertiary alicyclic amines) is 1. The van der Waals surface area contributed by atoms with Gasteiger partial charge in [-0.3, -0.25) is 4.79 Å². The second-order valence-corrected chi connectivity index (χ2v) is 5.32. The van der Waals surface area contributed by atoms with Gasteiger partial charge in [-0.2, -0.15) is 0 Å². The zero-order chi connectivity index (χ0) is 14.4. The molecule has 1 fully saturated rings. The molecule has 7 heteroatoms. The lowest BCUT2D eigenvalue weighted by atomic mass is 9.96. The van der Waals surface area contributed by atoms with Crippen LogP contribution < -0.4 is 0 Å². The van der Waals surface area contributed by atoms with Crippen LogP contribution in [-0.2, 0) is 11.3 Å². The van der Waals surface area contributed by atoms with Crippen LogP contribution in [0.15, 0.2) is 6.33 Å². The second kappa shape index (κ2) is 7.33. The number of nitrogens with zero attached hydrogens (tertiary/aromatic N) is 6. The van der Waals surface area contributed by atoms with Crippen LogP contribution in [0.3, 0.4) is 0 Å². The van der Waals surface area contributed by atoms with Gasteiger partial charge in [0.2, 0.25) is 5.91 Å². The van der Waals surface area contributed by atoms with Gasteiger partial charge in [0.05, 0.1) is 0 Å². The van der Waals surface area contributed by atoms with E-state index in [-0.39, 0.29) is 12.5 Å². The van der Waals surface area contributed by atoms with Gasteiger partial charge in [0.25, 0.3) is 0 Å². The quantitative estimate of drug-likeness (QED) is 0.747. The molecule has 1 saturated heterocycles. The normalized spacial score (nSPS) is 16.9. The van der Waals surface area contributed by atoms with E-state index in [1.165, 1.54) is 11.0 Å². The number of amides is 1. The fourth-order valence-electron chi connectivity index (χ4n) is 2.70. The zero-order valence-electron chi connectivity index (χ0n) is 12.4. The van der Waals surface area contributed by atoms with Crippen molar-refractivity contribution in [2.75, 3.05) is 32.7 Å². The Balaban J connectivity index is 1.74. The summed E-state index contributed by atoms with van der Waals surface area (Å²) in [4.78, 5) is 16.5. The summed E-state index contributed by atoms with van der Waals surface area (Å²) in [6.07, 6.45) is 3.67. The van der Waals surface area contributed by atoms with Crippen LogP contribution in [-0.4, -0.2) is 68.6 Å². The minimum Gasteiger partial charge on any atom is -0.341 e. The molecule has 20 heavy (non-hydrogen) atoms. The van der Waals surface area contributed by atoms with Gasteiger partial charge in [-0.15, -0.1) is 5.10 Å². The molecule has 0 N–H and O–H groups in total. The molecule has 1 aromatic heterocycles. The summed E-state index contributed by atoms with van der Waals surface area (Å²) in [6.45, 7) is 9.72. The molecule has 1 aliphatic heterocycles. The highest BCUT2D eigenvalue weighted by Gasteiger charge is 2.23. The third-order valence-electron chi connectivity index (χ3n) is 4.07. The molecular weight excluding hydrogens is 256 g/mol. The monoisotopic (exact) mass is 280 g/mol. The molecule has 112 valence electrons. The van der Waals surface area contributed by atoms with Crippen LogP contribution in [0.2, 0.25) is 0 Å². The highest BCUT2D eigenvalue weighted by molar-refractivity contribution is 5.75. The fourth-order valence-corrected chi connectivity index (χ4v) is 2.70. The largest absolute Gasteiger partial charge is 0.341 e. The van der Waals surface area contributed by atoms with E-state index in [9.17, 15) is 4.79 Å². The number of tetrazole rings is 1. The topological polar surface area (TPSA) is 67.2 Å². The molecule has 0 aromatic carbocycles. The minimum absolute atomic E-state index is 0.110. The average Bonchev–Trinajstić information content (AvgIpc) is 2.98. The van der Waals surface area contributed by atoms with Gasteiger partial charge in [0.15, 0.2) is 0 Å². The first kappa shape index (κ1) is 14.9. The first-order valence-electron chi connectivity index (χ1n) is 7.43. The van der Waals surface area contributed by atoms with E-state index < -0.39 is 0 Å². The third kappa shape index (κ3) is 4.00. The number of carbonyl (C=O) groups excluding carboxylic acids is 1. The van der Waals surface area contributed by atoms with E-state index in [0.29, 0.717) is 5.92 Å². The van der Waals surface area contributed by atoms with Crippen LogP contribution in [0.25, 0.3) is 0 Å². The van der Waals surface area contributed by atoms with E-state index in [1.54, 1.807) is 0 Å². The third-order valence-corrected chi connectivity index (χ3v) is 4.07. The summed E-state index contributed by atoms with van der Waals surface area (Å²) in [5.74, 6) is 0.825. The number of hydrogen-bond donors (Lipinski definition) is 0. The summed E-state index contributed by atoms with van der Waals surface area (Å²) >= 11 is 0. The van der Waals surface area contributed by atoms with Crippen molar-refractivity contribution < 1.29 is 4.79 Å². The Hall–Kier alpha value is -1.50. The van der Waals surface area contributed by atoms with Crippen molar-refractivity contribution in [3.05, 3.63) is 6.33 Å². The van der Waals surface area contributed by atoms with Gasteiger partial charge in [0.1, 0.15) is 12.9 Å². The fraction of sp³-hybridized carbons (Fsp3) is 0.846. The van der Waals surface area contributed by atoms with E-state index in [4.69, 9.17) is 0 Å². The van der Waals surface area contributed by atoms with Crippen LogP contribution in [0.5, 0.6) is 0 Å². The lowest BCUT2D eigenvalue weighted by Crippen LogP contribution is -2.42. The number of piperidine rings is 1. The van der Waals surface area contributed by atoms with Crippen molar-refractivity contribution in [1.29, 1.82) is 0 Å². The lowest BCUT2D eigenvalue weighted by molar-refractivity contribution is -0.133. The van der Waals surface area contributed by atoms with Crippen molar-refractivity contribution >= 4 is 5.91 Å².